The lowest BCUT2D eigenvalue weighted by atomic mass is 9.81. The summed E-state index contributed by atoms with van der Waals surface area (Å²) in [6.07, 6.45) is -1.42. The number of hydrazine groups is 1. The first-order valence-corrected chi connectivity index (χ1v) is 6.81. The Labute approximate surface area is 128 Å². The van der Waals surface area contributed by atoms with Crippen LogP contribution in [0.1, 0.15) is 24.5 Å². The molecule has 0 aliphatic carbocycles. The Balaban J connectivity index is 2.53. The van der Waals surface area contributed by atoms with Gasteiger partial charge in [-0.2, -0.15) is 5.01 Å². The second-order valence-corrected chi connectivity index (χ2v) is 4.95. The summed E-state index contributed by atoms with van der Waals surface area (Å²) in [5.74, 6) is -0.517. The standard InChI is InChI=1S/C15H18N2O5/c1-5-15(11-8-6-10(2)7-9-11)12(18)16(13(19)21-3)17(15)14(20)22-4/h6-9H,5H2,1-4H3/t15-/m1/s1. The van der Waals surface area contributed by atoms with E-state index in [9.17, 15) is 14.4 Å². The van der Waals surface area contributed by atoms with E-state index in [0.29, 0.717) is 17.0 Å². The summed E-state index contributed by atoms with van der Waals surface area (Å²) in [6.45, 7) is 3.69. The molecule has 7 heteroatoms. The largest absolute Gasteiger partial charge is 0.451 e. The molecule has 1 fully saturated rings. The Morgan fingerprint density at radius 2 is 1.64 bits per heavy atom. The molecule has 1 aliphatic rings. The topological polar surface area (TPSA) is 76.2 Å². The van der Waals surface area contributed by atoms with Crippen LogP contribution in [0.3, 0.4) is 0 Å². The van der Waals surface area contributed by atoms with E-state index in [0.717, 1.165) is 17.7 Å². The van der Waals surface area contributed by atoms with Crippen LogP contribution in [-0.4, -0.2) is 42.3 Å². The lowest BCUT2D eigenvalue weighted by molar-refractivity contribution is -0.201. The van der Waals surface area contributed by atoms with Gasteiger partial charge in [0.05, 0.1) is 14.2 Å². The number of nitrogens with zero attached hydrogens (tertiary/aromatic N) is 2. The highest BCUT2D eigenvalue weighted by molar-refractivity contribution is 6.06. The van der Waals surface area contributed by atoms with Crippen LogP contribution in [0.5, 0.6) is 0 Å². The summed E-state index contributed by atoms with van der Waals surface area (Å²) in [7, 11) is 2.33. The summed E-state index contributed by atoms with van der Waals surface area (Å²) >= 11 is 0. The Bertz CT molecular complexity index is 613. The van der Waals surface area contributed by atoms with Gasteiger partial charge < -0.3 is 9.47 Å². The van der Waals surface area contributed by atoms with Crippen molar-refractivity contribution >= 4 is 18.1 Å². The minimum absolute atomic E-state index is 0.303. The summed E-state index contributed by atoms with van der Waals surface area (Å²) in [4.78, 5) is 36.5. The first-order chi connectivity index (χ1) is 10.4. The number of hydrogen-bond acceptors (Lipinski definition) is 5. The normalized spacial score (nSPS) is 20.5. The van der Waals surface area contributed by atoms with Gasteiger partial charge in [-0.1, -0.05) is 36.8 Å². The number of carbonyl (C=O) groups excluding carboxylic acids is 3. The first-order valence-electron chi connectivity index (χ1n) is 6.81. The highest BCUT2D eigenvalue weighted by atomic mass is 16.6. The van der Waals surface area contributed by atoms with Crippen LogP contribution in [0, 0.1) is 6.92 Å². The van der Waals surface area contributed by atoms with Crippen molar-refractivity contribution in [3.8, 4) is 0 Å². The smallest absolute Gasteiger partial charge is 0.436 e. The van der Waals surface area contributed by atoms with Gasteiger partial charge in [0.1, 0.15) is 0 Å². The third-order valence-corrected chi connectivity index (χ3v) is 3.84. The molecule has 0 saturated carbocycles. The van der Waals surface area contributed by atoms with Gasteiger partial charge in [-0.3, -0.25) is 4.79 Å². The molecule has 1 heterocycles. The van der Waals surface area contributed by atoms with Gasteiger partial charge in [0, 0.05) is 0 Å². The lowest BCUT2D eigenvalue weighted by Gasteiger charge is -2.54. The molecule has 118 valence electrons. The van der Waals surface area contributed by atoms with Crippen molar-refractivity contribution in [3.05, 3.63) is 35.4 Å². The lowest BCUT2D eigenvalue weighted by Crippen LogP contribution is -2.77. The van der Waals surface area contributed by atoms with Gasteiger partial charge in [-0.25, -0.2) is 9.59 Å². The number of hydrogen-bond donors (Lipinski definition) is 0. The van der Waals surface area contributed by atoms with Gasteiger partial charge in [0.2, 0.25) is 0 Å². The zero-order valence-electron chi connectivity index (χ0n) is 13.0. The zero-order valence-corrected chi connectivity index (χ0v) is 13.0. The summed E-state index contributed by atoms with van der Waals surface area (Å²) in [5, 5.41) is 1.67. The molecule has 1 atom stereocenters. The minimum Gasteiger partial charge on any atom is -0.451 e. The summed E-state index contributed by atoms with van der Waals surface area (Å²) in [5.41, 5.74) is 0.391. The Hall–Kier alpha value is -2.57. The van der Waals surface area contributed by atoms with Crippen LogP contribution in [0.4, 0.5) is 9.59 Å². The van der Waals surface area contributed by atoms with Crippen LogP contribution >= 0.6 is 0 Å². The molecule has 0 spiro atoms. The van der Waals surface area contributed by atoms with E-state index >= 15 is 0 Å². The van der Waals surface area contributed by atoms with Crippen molar-refractivity contribution in [3.63, 3.8) is 0 Å². The fourth-order valence-electron chi connectivity index (χ4n) is 2.64. The van der Waals surface area contributed by atoms with E-state index in [-0.39, 0.29) is 0 Å². The Kier molecular flexibility index (Phi) is 4.07. The third kappa shape index (κ3) is 2.01. The van der Waals surface area contributed by atoms with Crippen LogP contribution in [-0.2, 0) is 19.8 Å². The second-order valence-electron chi connectivity index (χ2n) is 4.95. The number of rotatable bonds is 2. The maximum atomic E-state index is 12.6. The van der Waals surface area contributed by atoms with E-state index in [1.54, 1.807) is 19.1 Å². The molecule has 0 bridgehead atoms. The van der Waals surface area contributed by atoms with Crippen molar-refractivity contribution in [2.24, 2.45) is 0 Å². The number of benzene rings is 1. The Morgan fingerprint density at radius 1 is 1.09 bits per heavy atom. The van der Waals surface area contributed by atoms with Gasteiger partial charge >= 0.3 is 12.2 Å². The van der Waals surface area contributed by atoms with E-state index in [1.165, 1.54) is 7.11 Å². The number of imide groups is 1. The average molecular weight is 306 g/mol. The van der Waals surface area contributed by atoms with E-state index in [4.69, 9.17) is 4.74 Å². The predicted molar refractivity (Wildman–Crippen MR) is 76.6 cm³/mol. The van der Waals surface area contributed by atoms with Crippen LogP contribution in [0.25, 0.3) is 0 Å². The number of amides is 3. The molecule has 1 aromatic rings. The fraction of sp³-hybridized carbons (Fsp3) is 0.400. The molecule has 0 radical (unpaired) electrons. The number of ether oxygens (including phenoxy) is 2. The molecule has 0 unspecified atom stereocenters. The minimum atomic E-state index is -1.25. The van der Waals surface area contributed by atoms with Crippen LogP contribution < -0.4 is 0 Å². The fourth-order valence-corrected chi connectivity index (χ4v) is 2.64. The molecule has 22 heavy (non-hydrogen) atoms. The highest BCUT2D eigenvalue weighted by Gasteiger charge is 2.65. The molecule has 1 aromatic carbocycles. The Morgan fingerprint density at radius 3 is 2.09 bits per heavy atom. The molecule has 1 aliphatic heterocycles. The van der Waals surface area contributed by atoms with Crippen LogP contribution in [0.2, 0.25) is 0 Å². The number of methoxy groups -OCH3 is 2. The van der Waals surface area contributed by atoms with E-state index in [2.05, 4.69) is 4.74 Å². The summed E-state index contributed by atoms with van der Waals surface area (Å²) < 4.78 is 9.27. The first kappa shape index (κ1) is 15.8. The van der Waals surface area contributed by atoms with Crippen molar-refractivity contribution < 1.29 is 23.9 Å². The zero-order chi connectivity index (χ0) is 16.5. The van der Waals surface area contributed by atoms with E-state index < -0.39 is 23.6 Å². The second kappa shape index (κ2) is 5.67. The monoisotopic (exact) mass is 306 g/mol. The van der Waals surface area contributed by atoms with Gasteiger partial charge in [-0.05, 0) is 18.9 Å². The van der Waals surface area contributed by atoms with Crippen LogP contribution in [0.15, 0.2) is 24.3 Å². The molecule has 1 saturated heterocycles. The van der Waals surface area contributed by atoms with Crippen molar-refractivity contribution in [2.75, 3.05) is 14.2 Å². The van der Waals surface area contributed by atoms with E-state index in [1.807, 2.05) is 19.1 Å². The molecule has 7 nitrogen and oxygen atoms in total. The molecule has 2 rings (SSSR count). The molecule has 3 amide bonds. The molecular formula is C15H18N2O5. The third-order valence-electron chi connectivity index (χ3n) is 3.84. The molecule has 0 N–H and O–H groups in total. The van der Waals surface area contributed by atoms with Gasteiger partial charge in [0.15, 0.2) is 5.54 Å². The quantitative estimate of drug-likeness (QED) is 0.837. The maximum Gasteiger partial charge on any atom is 0.436 e. The number of aryl methyl sites for hydroxylation is 1. The van der Waals surface area contributed by atoms with Gasteiger partial charge in [-0.15, -0.1) is 5.01 Å². The molecular weight excluding hydrogens is 288 g/mol. The number of carbonyl (C=O) groups is 3. The predicted octanol–water partition coefficient (Wildman–Crippen LogP) is 2.19. The van der Waals surface area contributed by atoms with Crippen molar-refractivity contribution in [1.82, 2.24) is 10.0 Å². The maximum absolute atomic E-state index is 12.6. The summed E-state index contributed by atoms with van der Waals surface area (Å²) in [6, 6.07) is 7.22. The molecule has 0 aromatic heterocycles. The van der Waals surface area contributed by atoms with Crippen molar-refractivity contribution in [2.45, 2.75) is 25.8 Å². The van der Waals surface area contributed by atoms with Gasteiger partial charge in [0.25, 0.3) is 5.91 Å². The average Bonchev–Trinajstić information content (AvgIpc) is 2.53. The van der Waals surface area contributed by atoms with Crippen molar-refractivity contribution in [1.29, 1.82) is 0 Å². The highest BCUT2D eigenvalue weighted by Crippen LogP contribution is 2.44. The SMILES string of the molecule is CC[C@@]1(c2ccc(C)cc2)C(=O)N(C(=O)OC)N1C(=O)OC.